The summed E-state index contributed by atoms with van der Waals surface area (Å²) in [5.74, 6) is 0.679. The minimum Gasteiger partial charge on any atom is -0.488 e. The van der Waals surface area contributed by atoms with E-state index in [9.17, 15) is 4.39 Å². The zero-order valence-electron chi connectivity index (χ0n) is 10.7. The van der Waals surface area contributed by atoms with Crippen LogP contribution in [0.3, 0.4) is 0 Å². The van der Waals surface area contributed by atoms with Crippen molar-refractivity contribution in [2.24, 2.45) is 0 Å². The van der Waals surface area contributed by atoms with Crippen molar-refractivity contribution < 1.29 is 9.13 Å². The molecule has 0 radical (unpaired) electrons. The lowest BCUT2D eigenvalue weighted by Crippen LogP contribution is -1.98. The van der Waals surface area contributed by atoms with E-state index in [0.717, 1.165) is 10.6 Å². The van der Waals surface area contributed by atoms with Gasteiger partial charge in [-0.1, -0.05) is 13.8 Å². The molecule has 1 aromatic carbocycles. The number of hydrogen-bond donors (Lipinski definition) is 0. The summed E-state index contributed by atoms with van der Waals surface area (Å²) in [6.45, 7) is 6.38. The molecule has 0 bridgehead atoms. The van der Waals surface area contributed by atoms with Gasteiger partial charge in [0, 0.05) is 0 Å². The topological polar surface area (TPSA) is 22.1 Å². The van der Waals surface area contributed by atoms with Crippen LogP contribution in [-0.2, 0) is 6.61 Å². The maximum atomic E-state index is 13.5. The largest absolute Gasteiger partial charge is 0.488 e. The third kappa shape index (κ3) is 2.88. The second-order valence-corrected chi connectivity index (χ2v) is 5.43. The molecule has 0 amide bonds. The van der Waals surface area contributed by atoms with Gasteiger partial charge in [-0.05, 0) is 36.6 Å². The fourth-order valence-electron chi connectivity index (χ4n) is 1.67. The molecule has 0 atom stereocenters. The van der Waals surface area contributed by atoms with Gasteiger partial charge in [0.1, 0.15) is 18.2 Å². The molecule has 0 spiro atoms. The first-order valence-corrected chi connectivity index (χ1v) is 6.77. The van der Waals surface area contributed by atoms with Gasteiger partial charge in [0.05, 0.1) is 16.1 Å². The molecule has 0 N–H and O–H groups in total. The van der Waals surface area contributed by atoms with Crippen molar-refractivity contribution in [3.63, 3.8) is 0 Å². The number of thiazole rings is 1. The fourth-order valence-corrected chi connectivity index (χ4v) is 2.36. The molecule has 4 heteroatoms. The number of ether oxygens (including phenoxy) is 1. The zero-order chi connectivity index (χ0) is 13.1. The van der Waals surface area contributed by atoms with E-state index in [1.807, 2.05) is 20.8 Å². The molecule has 0 aliphatic heterocycles. The van der Waals surface area contributed by atoms with Crippen LogP contribution in [0.25, 0.3) is 0 Å². The summed E-state index contributed by atoms with van der Waals surface area (Å²) in [5, 5.41) is 0. The lowest BCUT2D eigenvalue weighted by molar-refractivity contribution is 0.307. The summed E-state index contributed by atoms with van der Waals surface area (Å²) in [6.07, 6.45) is 0. The average molecular weight is 265 g/mol. The molecular formula is C14H16FNOS. The fraction of sp³-hybridized carbons (Fsp3) is 0.357. The molecule has 2 rings (SSSR count). The van der Waals surface area contributed by atoms with E-state index >= 15 is 0 Å². The van der Waals surface area contributed by atoms with E-state index in [4.69, 9.17) is 4.74 Å². The highest BCUT2D eigenvalue weighted by Crippen LogP contribution is 2.24. The first kappa shape index (κ1) is 13.0. The lowest BCUT2D eigenvalue weighted by atomic mass is 10.0. The molecule has 0 saturated carbocycles. The van der Waals surface area contributed by atoms with E-state index in [-0.39, 0.29) is 11.7 Å². The molecule has 2 aromatic rings. The van der Waals surface area contributed by atoms with Crippen LogP contribution in [0.4, 0.5) is 4.39 Å². The Balaban J connectivity index is 2.10. The molecule has 96 valence electrons. The number of nitrogens with zero attached hydrogens (tertiary/aromatic N) is 1. The van der Waals surface area contributed by atoms with Crippen LogP contribution >= 0.6 is 11.3 Å². The summed E-state index contributed by atoms with van der Waals surface area (Å²) in [7, 11) is 0. The summed E-state index contributed by atoms with van der Waals surface area (Å²) >= 11 is 1.57. The van der Waals surface area contributed by atoms with Crippen LogP contribution in [0.5, 0.6) is 5.75 Å². The van der Waals surface area contributed by atoms with Crippen molar-refractivity contribution in [3.05, 3.63) is 45.7 Å². The van der Waals surface area contributed by atoms with Gasteiger partial charge in [0.15, 0.2) is 0 Å². The molecule has 2 nitrogen and oxygen atoms in total. The molecule has 0 unspecified atom stereocenters. The average Bonchev–Trinajstić information content (AvgIpc) is 2.73. The van der Waals surface area contributed by atoms with Gasteiger partial charge in [-0.25, -0.2) is 9.37 Å². The highest BCUT2D eigenvalue weighted by molar-refractivity contribution is 7.09. The minimum atomic E-state index is -0.175. The van der Waals surface area contributed by atoms with Crippen LogP contribution in [0.1, 0.15) is 35.9 Å². The first-order valence-electron chi connectivity index (χ1n) is 5.89. The molecule has 1 heterocycles. The smallest absolute Gasteiger partial charge is 0.126 e. The van der Waals surface area contributed by atoms with Gasteiger partial charge in [-0.15, -0.1) is 11.3 Å². The number of aryl methyl sites for hydroxylation is 1. The van der Waals surface area contributed by atoms with Gasteiger partial charge in [-0.3, -0.25) is 0 Å². The maximum absolute atomic E-state index is 13.5. The van der Waals surface area contributed by atoms with Crippen molar-refractivity contribution in [2.45, 2.75) is 33.3 Å². The third-order valence-electron chi connectivity index (χ3n) is 2.80. The van der Waals surface area contributed by atoms with Crippen LogP contribution in [0.15, 0.2) is 23.7 Å². The third-order valence-corrected chi connectivity index (χ3v) is 3.71. The van der Waals surface area contributed by atoms with Gasteiger partial charge < -0.3 is 4.74 Å². The SMILES string of the molecule is Cc1ncsc1COc1ccc(F)c(C(C)C)c1. The standard InChI is InChI=1S/C14H16FNOS/c1-9(2)12-6-11(4-5-13(12)15)17-7-14-10(3)16-8-18-14/h4-6,8-9H,7H2,1-3H3. The summed E-state index contributed by atoms with van der Waals surface area (Å²) in [4.78, 5) is 5.27. The van der Waals surface area contributed by atoms with E-state index < -0.39 is 0 Å². The monoisotopic (exact) mass is 265 g/mol. The van der Waals surface area contributed by atoms with Crippen molar-refractivity contribution in [3.8, 4) is 5.75 Å². The number of halogens is 1. The van der Waals surface area contributed by atoms with E-state index in [1.165, 1.54) is 6.07 Å². The maximum Gasteiger partial charge on any atom is 0.126 e. The van der Waals surface area contributed by atoms with Crippen molar-refractivity contribution in [1.82, 2.24) is 4.98 Å². The second-order valence-electron chi connectivity index (χ2n) is 4.49. The van der Waals surface area contributed by atoms with Crippen molar-refractivity contribution in [1.29, 1.82) is 0 Å². The second kappa shape index (κ2) is 5.48. The summed E-state index contributed by atoms with van der Waals surface area (Å²) in [5.41, 5.74) is 3.48. The number of hydrogen-bond acceptors (Lipinski definition) is 3. The first-order chi connectivity index (χ1) is 8.58. The van der Waals surface area contributed by atoms with Gasteiger partial charge in [0.2, 0.25) is 0 Å². The quantitative estimate of drug-likeness (QED) is 0.822. The van der Waals surface area contributed by atoms with Crippen LogP contribution in [0.2, 0.25) is 0 Å². The van der Waals surface area contributed by atoms with E-state index in [2.05, 4.69) is 4.98 Å². The minimum absolute atomic E-state index is 0.152. The summed E-state index contributed by atoms with van der Waals surface area (Å²) in [6, 6.07) is 4.90. The predicted molar refractivity (Wildman–Crippen MR) is 71.7 cm³/mol. The van der Waals surface area contributed by atoms with Crippen molar-refractivity contribution >= 4 is 11.3 Å². The number of aromatic nitrogens is 1. The molecule has 0 fully saturated rings. The van der Waals surface area contributed by atoms with Gasteiger partial charge in [0.25, 0.3) is 0 Å². The molecular weight excluding hydrogens is 249 g/mol. The molecule has 18 heavy (non-hydrogen) atoms. The zero-order valence-corrected chi connectivity index (χ0v) is 11.6. The van der Waals surface area contributed by atoms with Gasteiger partial charge in [-0.2, -0.15) is 0 Å². The Hall–Kier alpha value is -1.42. The molecule has 0 aliphatic carbocycles. The van der Waals surface area contributed by atoms with Crippen LogP contribution < -0.4 is 4.74 Å². The Morgan fingerprint density at radius 2 is 2.17 bits per heavy atom. The Morgan fingerprint density at radius 1 is 1.39 bits per heavy atom. The molecule has 0 saturated heterocycles. The number of benzene rings is 1. The van der Waals surface area contributed by atoms with E-state index in [0.29, 0.717) is 17.9 Å². The Kier molecular flexibility index (Phi) is 3.97. The summed E-state index contributed by atoms with van der Waals surface area (Å²) < 4.78 is 19.2. The molecule has 0 aliphatic rings. The van der Waals surface area contributed by atoms with Crippen LogP contribution in [-0.4, -0.2) is 4.98 Å². The highest BCUT2D eigenvalue weighted by atomic mass is 32.1. The lowest BCUT2D eigenvalue weighted by Gasteiger charge is -2.10. The predicted octanol–water partition coefficient (Wildman–Crippen LogP) is 4.29. The highest BCUT2D eigenvalue weighted by Gasteiger charge is 2.09. The number of rotatable bonds is 4. The molecule has 1 aromatic heterocycles. The van der Waals surface area contributed by atoms with E-state index in [1.54, 1.807) is 29.0 Å². The van der Waals surface area contributed by atoms with Crippen molar-refractivity contribution in [2.75, 3.05) is 0 Å². The Labute approximate surface area is 110 Å². The normalized spacial score (nSPS) is 10.9. The Bertz CT molecular complexity index is 536. The van der Waals surface area contributed by atoms with Gasteiger partial charge >= 0.3 is 0 Å². The van der Waals surface area contributed by atoms with Crippen LogP contribution in [0, 0.1) is 12.7 Å². The Morgan fingerprint density at radius 3 is 2.78 bits per heavy atom.